The number of rotatable bonds is 9. The number of amides is 1. The van der Waals surface area contributed by atoms with E-state index in [1.807, 2.05) is 30.3 Å². The van der Waals surface area contributed by atoms with E-state index in [2.05, 4.69) is 0 Å². The molecule has 0 saturated heterocycles. The Labute approximate surface area is 188 Å². The lowest BCUT2D eigenvalue weighted by Gasteiger charge is -2.19. The highest BCUT2D eigenvalue weighted by Gasteiger charge is 2.28. The Kier molecular flexibility index (Phi) is 7.50. The van der Waals surface area contributed by atoms with E-state index in [1.165, 1.54) is 36.3 Å². The van der Waals surface area contributed by atoms with Crippen LogP contribution in [0.4, 0.5) is 0 Å². The number of benzene rings is 3. The molecule has 3 aromatic rings. The standard InChI is InChI=1S/C24H25NO6S/c1-25(2)24(26)20-14-21(31-17-29-3)22(30-16-18-10-6-4-7-11-18)15-23(20)32(27,28)19-12-8-5-9-13-19/h4-15H,16-17H2,1-3H3. The first kappa shape index (κ1) is 23.3. The van der Waals surface area contributed by atoms with Gasteiger partial charge in [-0.25, -0.2) is 8.42 Å². The molecule has 0 radical (unpaired) electrons. The molecule has 1 amide bonds. The van der Waals surface area contributed by atoms with Crippen LogP contribution in [-0.2, 0) is 21.2 Å². The Morgan fingerprint density at radius 3 is 2.06 bits per heavy atom. The van der Waals surface area contributed by atoms with Gasteiger partial charge in [0.25, 0.3) is 5.91 Å². The maximum Gasteiger partial charge on any atom is 0.254 e. The summed E-state index contributed by atoms with van der Waals surface area (Å²) in [6.07, 6.45) is 0. The van der Waals surface area contributed by atoms with Crippen LogP contribution in [0.3, 0.4) is 0 Å². The van der Waals surface area contributed by atoms with E-state index in [9.17, 15) is 13.2 Å². The molecular formula is C24H25NO6S. The quantitative estimate of drug-likeness (QED) is 0.457. The van der Waals surface area contributed by atoms with Crippen LogP contribution in [0, 0.1) is 0 Å². The fourth-order valence-corrected chi connectivity index (χ4v) is 4.45. The van der Waals surface area contributed by atoms with Crippen LogP contribution in [0.5, 0.6) is 11.5 Å². The molecule has 0 bridgehead atoms. The Hall–Kier alpha value is -3.36. The van der Waals surface area contributed by atoms with Crippen molar-refractivity contribution in [2.75, 3.05) is 28.0 Å². The second-order valence-corrected chi connectivity index (χ2v) is 9.05. The molecule has 0 N–H and O–H groups in total. The zero-order valence-electron chi connectivity index (χ0n) is 18.1. The molecule has 3 rings (SSSR count). The van der Waals surface area contributed by atoms with Crippen molar-refractivity contribution in [3.8, 4) is 11.5 Å². The molecule has 0 aliphatic carbocycles. The molecule has 168 valence electrons. The van der Waals surface area contributed by atoms with Crippen LogP contribution < -0.4 is 9.47 Å². The topological polar surface area (TPSA) is 82.1 Å². The summed E-state index contributed by atoms with van der Waals surface area (Å²) in [6, 6.07) is 20.1. The molecular weight excluding hydrogens is 430 g/mol. The van der Waals surface area contributed by atoms with Crippen molar-refractivity contribution in [1.82, 2.24) is 4.90 Å². The molecule has 0 aliphatic heterocycles. The fraction of sp³-hybridized carbons (Fsp3) is 0.208. The largest absolute Gasteiger partial charge is 0.485 e. The molecule has 0 fully saturated rings. The van der Waals surface area contributed by atoms with Gasteiger partial charge in [0.2, 0.25) is 9.84 Å². The third-order valence-corrected chi connectivity index (χ3v) is 6.40. The van der Waals surface area contributed by atoms with Gasteiger partial charge in [-0.15, -0.1) is 0 Å². The van der Waals surface area contributed by atoms with E-state index in [0.29, 0.717) is 0 Å². The maximum absolute atomic E-state index is 13.4. The molecule has 0 spiro atoms. The van der Waals surface area contributed by atoms with E-state index in [4.69, 9.17) is 14.2 Å². The van der Waals surface area contributed by atoms with Crippen LogP contribution in [0.15, 0.2) is 82.6 Å². The number of nitrogens with zero attached hydrogens (tertiary/aromatic N) is 1. The van der Waals surface area contributed by atoms with Gasteiger partial charge >= 0.3 is 0 Å². The Morgan fingerprint density at radius 2 is 1.47 bits per heavy atom. The van der Waals surface area contributed by atoms with Crippen LogP contribution in [0.25, 0.3) is 0 Å². The van der Waals surface area contributed by atoms with Crippen molar-refractivity contribution >= 4 is 15.7 Å². The van der Waals surface area contributed by atoms with Crippen LogP contribution in [0.2, 0.25) is 0 Å². The lowest BCUT2D eigenvalue weighted by atomic mass is 10.1. The maximum atomic E-state index is 13.4. The minimum atomic E-state index is -4.01. The average Bonchev–Trinajstić information content (AvgIpc) is 2.81. The minimum Gasteiger partial charge on any atom is -0.485 e. The molecule has 7 nitrogen and oxygen atoms in total. The summed E-state index contributed by atoms with van der Waals surface area (Å²) in [6.45, 7) is 0.0953. The Morgan fingerprint density at radius 1 is 0.875 bits per heavy atom. The Balaban J connectivity index is 2.15. The first-order valence-electron chi connectivity index (χ1n) is 9.83. The summed E-state index contributed by atoms with van der Waals surface area (Å²) in [5.74, 6) is -0.0768. The van der Waals surface area contributed by atoms with Gasteiger partial charge < -0.3 is 19.1 Å². The van der Waals surface area contributed by atoms with E-state index in [-0.39, 0.29) is 40.3 Å². The molecule has 32 heavy (non-hydrogen) atoms. The first-order valence-corrected chi connectivity index (χ1v) is 11.3. The predicted octanol–water partition coefficient (Wildman–Crippen LogP) is 3.78. The molecule has 0 saturated carbocycles. The van der Waals surface area contributed by atoms with Crippen molar-refractivity contribution in [3.63, 3.8) is 0 Å². The molecule has 0 atom stereocenters. The molecule has 8 heteroatoms. The zero-order chi connectivity index (χ0) is 23.1. The van der Waals surface area contributed by atoms with Gasteiger partial charge in [0.1, 0.15) is 6.61 Å². The molecule has 0 aromatic heterocycles. The SMILES string of the molecule is COCOc1cc(C(=O)N(C)C)c(S(=O)(=O)c2ccccc2)cc1OCc1ccccc1. The highest BCUT2D eigenvalue weighted by atomic mass is 32.2. The number of ether oxygens (including phenoxy) is 3. The average molecular weight is 456 g/mol. The second kappa shape index (κ2) is 10.3. The van der Waals surface area contributed by atoms with Gasteiger partial charge in [0.15, 0.2) is 18.3 Å². The zero-order valence-corrected chi connectivity index (χ0v) is 19.0. The third-order valence-electron chi connectivity index (χ3n) is 4.59. The van der Waals surface area contributed by atoms with Gasteiger partial charge in [-0.2, -0.15) is 0 Å². The molecule has 0 aliphatic rings. The minimum absolute atomic E-state index is 0.0167. The molecule has 3 aromatic carbocycles. The summed E-state index contributed by atoms with van der Waals surface area (Å²) < 4.78 is 43.4. The van der Waals surface area contributed by atoms with E-state index in [0.717, 1.165) is 5.56 Å². The number of hydrogen-bond acceptors (Lipinski definition) is 6. The van der Waals surface area contributed by atoms with Crippen LogP contribution in [0.1, 0.15) is 15.9 Å². The molecule has 0 unspecified atom stereocenters. The van der Waals surface area contributed by atoms with Crippen molar-refractivity contribution in [1.29, 1.82) is 0 Å². The number of sulfone groups is 1. The summed E-state index contributed by atoms with van der Waals surface area (Å²) in [4.78, 5) is 14.1. The van der Waals surface area contributed by atoms with Crippen LogP contribution >= 0.6 is 0 Å². The number of methoxy groups -OCH3 is 1. The van der Waals surface area contributed by atoms with E-state index < -0.39 is 15.7 Å². The van der Waals surface area contributed by atoms with E-state index in [1.54, 1.807) is 32.3 Å². The smallest absolute Gasteiger partial charge is 0.254 e. The predicted molar refractivity (Wildman–Crippen MR) is 120 cm³/mol. The van der Waals surface area contributed by atoms with Crippen LogP contribution in [-0.4, -0.2) is 47.2 Å². The van der Waals surface area contributed by atoms with Crippen molar-refractivity contribution < 1.29 is 27.4 Å². The van der Waals surface area contributed by atoms with Gasteiger partial charge in [-0.05, 0) is 23.8 Å². The second-order valence-electron chi connectivity index (χ2n) is 7.14. The third kappa shape index (κ3) is 5.27. The van der Waals surface area contributed by atoms with Crippen molar-refractivity contribution in [2.45, 2.75) is 16.4 Å². The summed E-state index contributed by atoms with van der Waals surface area (Å²) >= 11 is 0. The number of carbonyl (C=O) groups excluding carboxylic acids is 1. The molecule has 0 heterocycles. The highest BCUT2D eigenvalue weighted by Crippen LogP contribution is 2.36. The lowest BCUT2D eigenvalue weighted by Crippen LogP contribution is -2.24. The first-order chi connectivity index (χ1) is 15.3. The monoisotopic (exact) mass is 455 g/mol. The Bertz CT molecular complexity index is 1160. The van der Waals surface area contributed by atoms with Crippen molar-refractivity contribution in [3.05, 3.63) is 83.9 Å². The summed E-state index contributed by atoms with van der Waals surface area (Å²) in [5.41, 5.74) is 0.878. The summed E-state index contributed by atoms with van der Waals surface area (Å²) in [5, 5.41) is 0. The number of hydrogen-bond donors (Lipinski definition) is 0. The normalized spacial score (nSPS) is 11.1. The van der Waals surface area contributed by atoms with Gasteiger partial charge in [0.05, 0.1) is 15.4 Å². The number of carbonyl (C=O) groups is 1. The van der Waals surface area contributed by atoms with Crippen molar-refractivity contribution in [2.24, 2.45) is 0 Å². The highest BCUT2D eigenvalue weighted by molar-refractivity contribution is 7.91. The lowest BCUT2D eigenvalue weighted by molar-refractivity contribution is 0.0481. The van der Waals surface area contributed by atoms with Gasteiger partial charge in [0, 0.05) is 27.3 Å². The fourth-order valence-electron chi connectivity index (χ4n) is 2.98. The van der Waals surface area contributed by atoms with Gasteiger partial charge in [-0.3, -0.25) is 4.79 Å². The van der Waals surface area contributed by atoms with Gasteiger partial charge in [-0.1, -0.05) is 48.5 Å². The van der Waals surface area contributed by atoms with E-state index >= 15 is 0 Å². The summed E-state index contributed by atoms with van der Waals surface area (Å²) in [7, 11) is 0.562.